The van der Waals surface area contributed by atoms with Crippen molar-refractivity contribution in [2.75, 3.05) is 10.0 Å². The van der Waals surface area contributed by atoms with Gasteiger partial charge in [-0.15, -0.1) is 11.3 Å². The number of aryl methyl sites for hydroxylation is 1. The lowest BCUT2D eigenvalue weighted by atomic mass is 10.2. The Balaban J connectivity index is 1.73. The average molecular weight is 479 g/mol. The molecule has 31 heavy (non-hydrogen) atoms. The Kier molecular flexibility index (Phi) is 6.99. The summed E-state index contributed by atoms with van der Waals surface area (Å²) in [6, 6.07) is 16.0. The van der Waals surface area contributed by atoms with Crippen molar-refractivity contribution in [3.8, 4) is 0 Å². The van der Waals surface area contributed by atoms with E-state index in [9.17, 15) is 18.0 Å². The first-order valence-corrected chi connectivity index (χ1v) is 11.8. The Morgan fingerprint density at radius 2 is 1.81 bits per heavy atom. The van der Waals surface area contributed by atoms with Gasteiger partial charge in [-0.1, -0.05) is 35.9 Å². The lowest BCUT2D eigenvalue weighted by Gasteiger charge is -2.16. The molecule has 1 atom stereocenters. The van der Waals surface area contributed by atoms with Gasteiger partial charge in [0.15, 0.2) is 6.10 Å². The van der Waals surface area contributed by atoms with Crippen LogP contribution in [0.4, 0.5) is 11.4 Å². The average Bonchev–Trinajstić information content (AvgIpc) is 3.15. The van der Waals surface area contributed by atoms with Crippen LogP contribution in [0.2, 0.25) is 4.34 Å². The third kappa shape index (κ3) is 5.84. The van der Waals surface area contributed by atoms with Crippen LogP contribution < -0.4 is 10.0 Å². The Labute approximate surface area is 189 Å². The van der Waals surface area contributed by atoms with Crippen molar-refractivity contribution in [3.63, 3.8) is 0 Å². The van der Waals surface area contributed by atoms with Crippen LogP contribution in [-0.4, -0.2) is 26.4 Å². The van der Waals surface area contributed by atoms with E-state index in [1.54, 1.807) is 30.3 Å². The number of esters is 1. The fourth-order valence-electron chi connectivity index (χ4n) is 2.63. The number of hydrogen-bond donors (Lipinski definition) is 2. The van der Waals surface area contributed by atoms with E-state index in [1.165, 1.54) is 31.2 Å². The third-order valence-electron chi connectivity index (χ3n) is 4.14. The summed E-state index contributed by atoms with van der Waals surface area (Å²) in [6.07, 6.45) is -1.10. The zero-order chi connectivity index (χ0) is 22.6. The summed E-state index contributed by atoms with van der Waals surface area (Å²) >= 11 is 6.71. The lowest BCUT2D eigenvalue weighted by Crippen LogP contribution is -2.30. The van der Waals surface area contributed by atoms with Crippen molar-refractivity contribution in [1.29, 1.82) is 0 Å². The van der Waals surface area contributed by atoms with Gasteiger partial charge in [-0.25, -0.2) is 13.2 Å². The van der Waals surface area contributed by atoms with Gasteiger partial charge in [0.2, 0.25) is 0 Å². The number of carbonyl (C=O) groups excluding carboxylic acids is 2. The highest BCUT2D eigenvalue weighted by Gasteiger charge is 2.24. The first kappa shape index (κ1) is 22.8. The molecule has 2 aromatic carbocycles. The van der Waals surface area contributed by atoms with Crippen LogP contribution in [0.1, 0.15) is 22.8 Å². The second-order valence-corrected chi connectivity index (χ2v) is 10.2. The molecule has 0 saturated heterocycles. The number of sulfonamides is 1. The molecule has 162 valence electrons. The highest BCUT2D eigenvalue weighted by Crippen LogP contribution is 2.28. The normalized spacial score (nSPS) is 12.1. The Morgan fingerprint density at radius 3 is 2.48 bits per heavy atom. The van der Waals surface area contributed by atoms with Gasteiger partial charge >= 0.3 is 5.97 Å². The maximum atomic E-state index is 12.7. The summed E-state index contributed by atoms with van der Waals surface area (Å²) in [5, 5.41) is 2.68. The van der Waals surface area contributed by atoms with Crippen molar-refractivity contribution < 1.29 is 22.7 Å². The van der Waals surface area contributed by atoms with Crippen molar-refractivity contribution in [2.24, 2.45) is 0 Å². The van der Waals surface area contributed by atoms with Crippen LogP contribution in [0.5, 0.6) is 0 Å². The number of para-hydroxylation sites is 1. The zero-order valence-corrected chi connectivity index (χ0v) is 19.0. The van der Waals surface area contributed by atoms with Crippen molar-refractivity contribution in [3.05, 3.63) is 76.1 Å². The Bertz CT molecular complexity index is 1220. The quantitative estimate of drug-likeness (QED) is 0.479. The molecule has 0 spiro atoms. The second-order valence-electron chi connectivity index (χ2n) is 6.62. The highest BCUT2D eigenvalue weighted by molar-refractivity contribution is 7.94. The number of thiophene rings is 1. The van der Waals surface area contributed by atoms with Crippen LogP contribution >= 0.6 is 22.9 Å². The number of rotatable bonds is 7. The molecule has 7 nitrogen and oxygen atoms in total. The van der Waals surface area contributed by atoms with Gasteiger partial charge in [0.1, 0.15) is 4.21 Å². The van der Waals surface area contributed by atoms with Crippen LogP contribution in [-0.2, 0) is 19.6 Å². The molecule has 0 aliphatic carbocycles. The zero-order valence-electron chi connectivity index (χ0n) is 16.6. The Hall–Kier alpha value is -2.88. The molecule has 0 radical (unpaired) electrons. The maximum absolute atomic E-state index is 12.7. The van der Waals surface area contributed by atoms with Crippen molar-refractivity contribution >= 4 is 56.2 Å². The van der Waals surface area contributed by atoms with Crippen molar-refractivity contribution in [2.45, 2.75) is 24.2 Å². The van der Waals surface area contributed by atoms with Crippen molar-refractivity contribution in [1.82, 2.24) is 0 Å². The number of carbonyl (C=O) groups is 2. The molecule has 3 aromatic rings. The molecule has 2 N–H and O–H groups in total. The molecule has 0 aliphatic heterocycles. The summed E-state index contributed by atoms with van der Waals surface area (Å²) < 4.78 is 33.1. The van der Waals surface area contributed by atoms with Gasteiger partial charge in [0.05, 0.1) is 15.6 Å². The van der Waals surface area contributed by atoms with Gasteiger partial charge in [-0.3, -0.25) is 9.52 Å². The molecule has 0 aliphatic rings. The first-order valence-electron chi connectivity index (χ1n) is 9.11. The Morgan fingerprint density at radius 1 is 1.06 bits per heavy atom. The number of nitrogens with one attached hydrogen (secondary N) is 2. The topological polar surface area (TPSA) is 102 Å². The number of ether oxygens (including phenoxy) is 1. The van der Waals surface area contributed by atoms with Gasteiger partial charge < -0.3 is 10.1 Å². The minimum absolute atomic E-state index is 0.00608. The number of amides is 1. The summed E-state index contributed by atoms with van der Waals surface area (Å²) in [5.74, 6) is -1.35. The third-order valence-corrected chi connectivity index (χ3v) is 7.23. The van der Waals surface area contributed by atoms with E-state index in [0.29, 0.717) is 10.0 Å². The largest absolute Gasteiger partial charge is 0.449 e. The van der Waals surface area contributed by atoms with E-state index in [-0.39, 0.29) is 15.5 Å². The minimum Gasteiger partial charge on any atom is -0.449 e. The molecule has 0 fully saturated rings. The van der Waals surface area contributed by atoms with E-state index in [0.717, 1.165) is 16.9 Å². The van der Waals surface area contributed by atoms with E-state index in [4.69, 9.17) is 16.3 Å². The van der Waals surface area contributed by atoms with Gasteiger partial charge in [0, 0.05) is 5.69 Å². The molecule has 1 aromatic heterocycles. The summed E-state index contributed by atoms with van der Waals surface area (Å²) in [7, 11) is -3.94. The fourth-order valence-corrected chi connectivity index (χ4v) is 5.19. The molecule has 10 heteroatoms. The second kappa shape index (κ2) is 9.51. The van der Waals surface area contributed by atoms with Crippen LogP contribution in [0, 0.1) is 6.92 Å². The van der Waals surface area contributed by atoms with Crippen LogP contribution in [0.3, 0.4) is 0 Å². The predicted octanol–water partition coefficient (Wildman–Crippen LogP) is 4.69. The monoisotopic (exact) mass is 478 g/mol. The summed E-state index contributed by atoms with van der Waals surface area (Å²) in [5.41, 5.74) is 1.55. The standard InChI is InChI=1S/C21H19ClN2O5S2/c1-13-6-5-7-15(12-13)23-20(25)14(2)29-21(26)16-8-3-4-9-17(16)24-31(27,28)19-11-10-18(22)30-19/h3-12,14,24H,1-2H3,(H,23,25). The van der Waals surface area contributed by atoms with Crippen LogP contribution in [0.25, 0.3) is 0 Å². The highest BCUT2D eigenvalue weighted by atomic mass is 35.5. The number of halogens is 1. The smallest absolute Gasteiger partial charge is 0.341 e. The molecule has 0 saturated carbocycles. The molecule has 1 heterocycles. The summed E-state index contributed by atoms with van der Waals surface area (Å²) in [6.45, 7) is 3.32. The van der Waals surface area contributed by atoms with E-state index in [1.807, 2.05) is 13.0 Å². The molecule has 1 unspecified atom stereocenters. The number of benzene rings is 2. The van der Waals surface area contributed by atoms with Gasteiger partial charge in [-0.2, -0.15) is 0 Å². The minimum atomic E-state index is -3.94. The molecule has 1 amide bonds. The van der Waals surface area contributed by atoms with E-state index >= 15 is 0 Å². The predicted molar refractivity (Wildman–Crippen MR) is 121 cm³/mol. The SMILES string of the molecule is Cc1cccc(NC(=O)C(C)OC(=O)c2ccccc2NS(=O)(=O)c2ccc(Cl)s2)c1. The van der Waals surface area contributed by atoms with E-state index in [2.05, 4.69) is 10.0 Å². The molecular formula is C21H19ClN2O5S2. The lowest BCUT2D eigenvalue weighted by molar-refractivity contribution is -0.123. The number of anilines is 2. The van der Waals surface area contributed by atoms with Crippen LogP contribution in [0.15, 0.2) is 64.9 Å². The maximum Gasteiger partial charge on any atom is 0.341 e. The van der Waals surface area contributed by atoms with Gasteiger partial charge in [-0.05, 0) is 55.8 Å². The molecular weight excluding hydrogens is 460 g/mol. The number of hydrogen-bond acceptors (Lipinski definition) is 6. The molecule has 3 rings (SSSR count). The fraction of sp³-hybridized carbons (Fsp3) is 0.143. The van der Waals surface area contributed by atoms with E-state index < -0.39 is 28.0 Å². The first-order chi connectivity index (χ1) is 14.7. The molecule has 0 bridgehead atoms. The summed E-state index contributed by atoms with van der Waals surface area (Å²) in [4.78, 5) is 25.0. The van der Waals surface area contributed by atoms with Gasteiger partial charge in [0.25, 0.3) is 15.9 Å².